The van der Waals surface area contributed by atoms with Crippen molar-refractivity contribution in [1.29, 1.82) is 0 Å². The highest BCUT2D eigenvalue weighted by atomic mass is 35.5. The predicted molar refractivity (Wildman–Crippen MR) is 79.7 cm³/mol. The van der Waals surface area contributed by atoms with Crippen molar-refractivity contribution in [2.45, 2.75) is 24.0 Å². The smallest absolute Gasteiger partial charge is 0.205 e. The van der Waals surface area contributed by atoms with Gasteiger partial charge >= 0.3 is 0 Å². The summed E-state index contributed by atoms with van der Waals surface area (Å²) in [5.74, 6) is 0.825. The highest BCUT2D eigenvalue weighted by Crippen LogP contribution is 2.27. The van der Waals surface area contributed by atoms with Crippen molar-refractivity contribution in [2.75, 3.05) is 11.9 Å². The Morgan fingerprint density at radius 3 is 3.06 bits per heavy atom. The van der Waals surface area contributed by atoms with Crippen molar-refractivity contribution < 1.29 is 0 Å². The summed E-state index contributed by atoms with van der Waals surface area (Å²) in [6.45, 7) is 3.07. The van der Waals surface area contributed by atoms with Crippen LogP contribution in [0.3, 0.4) is 0 Å². The first-order valence-corrected chi connectivity index (χ1v) is 7.90. The van der Waals surface area contributed by atoms with E-state index in [1.807, 2.05) is 24.3 Å². The number of anilines is 1. The van der Waals surface area contributed by atoms with Gasteiger partial charge in [-0.25, -0.2) is 0 Å². The molecule has 96 valence electrons. The van der Waals surface area contributed by atoms with E-state index in [9.17, 15) is 0 Å². The number of aromatic nitrogens is 2. The Labute approximate surface area is 120 Å². The first kappa shape index (κ1) is 13.6. The summed E-state index contributed by atoms with van der Waals surface area (Å²) < 4.78 is 0. The molecule has 0 aliphatic heterocycles. The average Bonchev–Trinajstić information content (AvgIpc) is 2.82. The topological polar surface area (TPSA) is 37.8 Å². The van der Waals surface area contributed by atoms with Crippen LogP contribution in [0.2, 0.25) is 5.02 Å². The van der Waals surface area contributed by atoms with E-state index in [0.29, 0.717) is 0 Å². The predicted octanol–water partition coefficient (Wildman–Crippen LogP) is 4.31. The summed E-state index contributed by atoms with van der Waals surface area (Å²) in [5.41, 5.74) is 0. The summed E-state index contributed by atoms with van der Waals surface area (Å²) in [7, 11) is 0. The minimum atomic E-state index is 0.766. The van der Waals surface area contributed by atoms with Crippen molar-refractivity contribution >= 4 is 39.8 Å². The zero-order valence-corrected chi connectivity index (χ0v) is 12.4. The van der Waals surface area contributed by atoms with Gasteiger partial charge in [0, 0.05) is 16.5 Å². The summed E-state index contributed by atoms with van der Waals surface area (Å²) in [5, 5.41) is 14.2. The lowest BCUT2D eigenvalue weighted by atomic mass is 10.4. The molecular weight excluding hydrogens is 286 g/mol. The standard InChI is InChI=1S/C12H14ClN3S2/c1-2-6-14-12-16-15-11(18-12)8-17-10-5-3-4-9(13)7-10/h3-5,7H,2,6,8H2,1H3,(H,14,16). The quantitative estimate of drug-likeness (QED) is 0.807. The number of hydrogen-bond donors (Lipinski definition) is 1. The normalized spacial score (nSPS) is 10.6. The molecule has 0 bridgehead atoms. The maximum absolute atomic E-state index is 5.94. The number of thioether (sulfide) groups is 1. The molecule has 1 N–H and O–H groups in total. The van der Waals surface area contributed by atoms with Gasteiger partial charge in [0.2, 0.25) is 5.13 Å². The van der Waals surface area contributed by atoms with Gasteiger partial charge < -0.3 is 5.32 Å². The molecule has 1 aromatic carbocycles. The number of nitrogens with one attached hydrogen (secondary N) is 1. The molecule has 0 amide bonds. The van der Waals surface area contributed by atoms with Crippen molar-refractivity contribution in [3.63, 3.8) is 0 Å². The van der Waals surface area contributed by atoms with Gasteiger partial charge in [-0.3, -0.25) is 0 Å². The molecular formula is C12H14ClN3S2. The van der Waals surface area contributed by atoms with E-state index in [1.54, 1.807) is 23.1 Å². The van der Waals surface area contributed by atoms with Gasteiger partial charge in [-0.05, 0) is 24.6 Å². The average molecular weight is 300 g/mol. The van der Waals surface area contributed by atoms with Gasteiger partial charge in [-0.1, -0.05) is 35.9 Å². The maximum Gasteiger partial charge on any atom is 0.205 e. The van der Waals surface area contributed by atoms with Crippen LogP contribution < -0.4 is 5.32 Å². The molecule has 0 atom stereocenters. The van der Waals surface area contributed by atoms with Crippen LogP contribution in [-0.2, 0) is 5.75 Å². The van der Waals surface area contributed by atoms with Gasteiger partial charge in [0.05, 0.1) is 5.75 Å². The van der Waals surface area contributed by atoms with Crippen LogP contribution in [-0.4, -0.2) is 16.7 Å². The Morgan fingerprint density at radius 1 is 1.39 bits per heavy atom. The summed E-state index contributed by atoms with van der Waals surface area (Å²) in [4.78, 5) is 1.15. The molecule has 0 saturated carbocycles. The van der Waals surface area contributed by atoms with Crippen LogP contribution in [0.5, 0.6) is 0 Å². The number of benzene rings is 1. The van der Waals surface area contributed by atoms with E-state index in [1.165, 1.54) is 0 Å². The van der Waals surface area contributed by atoms with Crippen molar-refractivity contribution in [3.8, 4) is 0 Å². The molecule has 2 rings (SSSR count). The largest absolute Gasteiger partial charge is 0.360 e. The molecule has 0 saturated heterocycles. The first-order valence-electron chi connectivity index (χ1n) is 5.72. The lowest BCUT2D eigenvalue weighted by Gasteiger charge is -1.99. The van der Waals surface area contributed by atoms with Crippen LogP contribution >= 0.6 is 34.7 Å². The Kier molecular flexibility index (Phi) is 5.28. The lowest BCUT2D eigenvalue weighted by molar-refractivity contribution is 0.958. The Morgan fingerprint density at radius 2 is 2.28 bits per heavy atom. The molecule has 0 aliphatic carbocycles. The van der Waals surface area contributed by atoms with Crippen LogP contribution in [0.1, 0.15) is 18.4 Å². The summed E-state index contributed by atoms with van der Waals surface area (Å²) >= 11 is 9.27. The number of hydrogen-bond acceptors (Lipinski definition) is 5. The van der Waals surface area contributed by atoms with Crippen LogP contribution in [0.4, 0.5) is 5.13 Å². The second-order valence-electron chi connectivity index (χ2n) is 3.67. The molecule has 1 heterocycles. The molecule has 18 heavy (non-hydrogen) atoms. The third kappa shape index (κ3) is 4.15. The van der Waals surface area contributed by atoms with Gasteiger partial charge in [0.1, 0.15) is 5.01 Å². The fourth-order valence-corrected chi connectivity index (χ4v) is 3.28. The Hall–Kier alpha value is -0.780. The minimum absolute atomic E-state index is 0.766. The lowest BCUT2D eigenvalue weighted by Crippen LogP contribution is -1.98. The van der Waals surface area contributed by atoms with Crippen molar-refractivity contribution in [2.24, 2.45) is 0 Å². The van der Waals surface area contributed by atoms with Gasteiger partial charge in [-0.2, -0.15) is 0 Å². The van der Waals surface area contributed by atoms with E-state index in [2.05, 4.69) is 22.4 Å². The fraction of sp³-hybridized carbons (Fsp3) is 0.333. The van der Waals surface area contributed by atoms with Crippen LogP contribution in [0.25, 0.3) is 0 Å². The Bertz CT molecular complexity index is 502. The van der Waals surface area contributed by atoms with Crippen LogP contribution in [0, 0.1) is 0 Å². The second-order valence-corrected chi connectivity index (χ2v) is 6.22. The Balaban J connectivity index is 1.88. The molecule has 1 aromatic heterocycles. The number of nitrogens with zero attached hydrogens (tertiary/aromatic N) is 2. The molecule has 0 spiro atoms. The van der Waals surface area contributed by atoms with Gasteiger partial charge in [0.15, 0.2) is 0 Å². The summed E-state index contributed by atoms with van der Waals surface area (Å²) in [6, 6.07) is 7.85. The van der Waals surface area contributed by atoms with E-state index >= 15 is 0 Å². The highest BCUT2D eigenvalue weighted by Gasteiger charge is 2.04. The van der Waals surface area contributed by atoms with Crippen molar-refractivity contribution in [3.05, 3.63) is 34.3 Å². The highest BCUT2D eigenvalue weighted by molar-refractivity contribution is 7.98. The van der Waals surface area contributed by atoms with Gasteiger partial charge in [-0.15, -0.1) is 22.0 Å². The van der Waals surface area contributed by atoms with E-state index in [0.717, 1.165) is 38.8 Å². The summed E-state index contributed by atoms with van der Waals surface area (Å²) in [6.07, 6.45) is 1.09. The molecule has 3 nitrogen and oxygen atoms in total. The fourth-order valence-electron chi connectivity index (χ4n) is 1.32. The number of halogens is 1. The second kappa shape index (κ2) is 6.97. The van der Waals surface area contributed by atoms with E-state index < -0.39 is 0 Å². The van der Waals surface area contributed by atoms with Crippen molar-refractivity contribution in [1.82, 2.24) is 10.2 Å². The van der Waals surface area contributed by atoms with Gasteiger partial charge in [0.25, 0.3) is 0 Å². The molecule has 0 radical (unpaired) electrons. The molecule has 6 heteroatoms. The third-order valence-electron chi connectivity index (χ3n) is 2.15. The van der Waals surface area contributed by atoms with Crippen LogP contribution in [0.15, 0.2) is 29.2 Å². The SMILES string of the molecule is CCCNc1nnc(CSc2cccc(Cl)c2)s1. The first-order chi connectivity index (χ1) is 8.78. The maximum atomic E-state index is 5.94. The zero-order valence-electron chi connectivity index (χ0n) is 10.0. The van der Waals surface area contributed by atoms with E-state index in [-0.39, 0.29) is 0 Å². The number of rotatable bonds is 6. The third-order valence-corrected chi connectivity index (χ3v) is 4.46. The van der Waals surface area contributed by atoms with E-state index in [4.69, 9.17) is 11.6 Å². The zero-order chi connectivity index (χ0) is 12.8. The molecule has 0 unspecified atom stereocenters. The monoisotopic (exact) mass is 299 g/mol. The molecule has 2 aromatic rings. The molecule has 0 aliphatic rings. The molecule has 0 fully saturated rings. The minimum Gasteiger partial charge on any atom is -0.360 e.